The van der Waals surface area contributed by atoms with E-state index in [0.29, 0.717) is 0 Å². The van der Waals surface area contributed by atoms with Crippen LogP contribution < -0.4 is 0 Å². The van der Waals surface area contributed by atoms with Crippen molar-refractivity contribution >= 4 is 0 Å². The Hall–Kier alpha value is -0.560. The molecule has 0 aliphatic carbocycles. The highest BCUT2D eigenvalue weighted by atomic mass is 16.5. The van der Waals surface area contributed by atoms with Crippen molar-refractivity contribution in [3.63, 3.8) is 0 Å². The van der Waals surface area contributed by atoms with Crippen LogP contribution in [0.4, 0.5) is 0 Å². The van der Waals surface area contributed by atoms with Crippen molar-refractivity contribution in [2.75, 3.05) is 13.2 Å². The number of rotatable bonds is 8. The standard InChI is InChI=1S/C10H18O/c1-3-5-7-8-10-11-9-6-4-2/h3-4H,1-2,5-10H2. The van der Waals surface area contributed by atoms with E-state index in [2.05, 4.69) is 13.2 Å². The first kappa shape index (κ1) is 10.4. The van der Waals surface area contributed by atoms with E-state index >= 15 is 0 Å². The van der Waals surface area contributed by atoms with Gasteiger partial charge in [0.2, 0.25) is 0 Å². The van der Waals surface area contributed by atoms with Crippen molar-refractivity contribution in [2.24, 2.45) is 0 Å². The summed E-state index contributed by atoms with van der Waals surface area (Å²) in [6.45, 7) is 8.96. The normalized spacial score (nSPS) is 9.45. The topological polar surface area (TPSA) is 9.23 Å². The van der Waals surface area contributed by atoms with Gasteiger partial charge in [-0.05, 0) is 25.7 Å². The molecule has 0 aliphatic rings. The zero-order valence-electron chi connectivity index (χ0n) is 7.22. The molecule has 0 N–H and O–H groups in total. The molecule has 0 radical (unpaired) electrons. The maximum absolute atomic E-state index is 5.32. The van der Waals surface area contributed by atoms with Gasteiger partial charge < -0.3 is 4.74 Å². The Balaban J connectivity index is 2.79. The lowest BCUT2D eigenvalue weighted by atomic mass is 10.2. The molecule has 0 heterocycles. The summed E-state index contributed by atoms with van der Waals surface area (Å²) in [5, 5.41) is 0. The lowest BCUT2D eigenvalue weighted by Gasteiger charge is -2.00. The predicted molar refractivity (Wildman–Crippen MR) is 49.7 cm³/mol. The van der Waals surface area contributed by atoms with E-state index in [1.165, 1.54) is 6.42 Å². The van der Waals surface area contributed by atoms with Gasteiger partial charge in [-0.2, -0.15) is 0 Å². The molecule has 0 aromatic rings. The molecule has 1 nitrogen and oxygen atoms in total. The van der Waals surface area contributed by atoms with Gasteiger partial charge in [0.1, 0.15) is 0 Å². The lowest BCUT2D eigenvalue weighted by molar-refractivity contribution is 0.135. The van der Waals surface area contributed by atoms with E-state index in [-0.39, 0.29) is 0 Å². The van der Waals surface area contributed by atoms with Crippen molar-refractivity contribution in [3.05, 3.63) is 25.3 Å². The molecular formula is C10H18O. The highest BCUT2D eigenvalue weighted by Gasteiger charge is 1.86. The molecule has 0 aromatic heterocycles. The summed E-state index contributed by atoms with van der Waals surface area (Å²) in [5.74, 6) is 0. The Morgan fingerprint density at radius 1 is 0.909 bits per heavy atom. The molecule has 11 heavy (non-hydrogen) atoms. The first-order valence-electron chi connectivity index (χ1n) is 4.21. The van der Waals surface area contributed by atoms with E-state index in [1.54, 1.807) is 0 Å². The molecule has 64 valence electrons. The monoisotopic (exact) mass is 154 g/mol. The van der Waals surface area contributed by atoms with Gasteiger partial charge in [0.25, 0.3) is 0 Å². The lowest BCUT2D eigenvalue weighted by Crippen LogP contribution is -1.95. The minimum atomic E-state index is 0.817. The Labute approximate surface area is 69.8 Å². The average molecular weight is 154 g/mol. The molecule has 0 saturated heterocycles. The van der Waals surface area contributed by atoms with E-state index in [1.807, 2.05) is 12.2 Å². The number of hydrogen-bond acceptors (Lipinski definition) is 1. The maximum Gasteiger partial charge on any atom is 0.0500 e. The zero-order valence-corrected chi connectivity index (χ0v) is 7.22. The third-order valence-electron chi connectivity index (χ3n) is 1.41. The maximum atomic E-state index is 5.32. The smallest absolute Gasteiger partial charge is 0.0500 e. The van der Waals surface area contributed by atoms with Crippen LogP contribution in [0.3, 0.4) is 0 Å². The van der Waals surface area contributed by atoms with E-state index in [9.17, 15) is 0 Å². The summed E-state index contributed by atoms with van der Waals surface area (Å²) in [6.07, 6.45) is 8.22. The van der Waals surface area contributed by atoms with Crippen LogP contribution >= 0.6 is 0 Å². The second kappa shape index (κ2) is 9.44. The fraction of sp³-hybridized carbons (Fsp3) is 0.600. The van der Waals surface area contributed by atoms with Gasteiger partial charge in [0, 0.05) is 13.2 Å². The first-order valence-corrected chi connectivity index (χ1v) is 4.21. The predicted octanol–water partition coefficient (Wildman–Crippen LogP) is 2.94. The van der Waals surface area contributed by atoms with Crippen LogP contribution in [-0.2, 0) is 4.74 Å². The van der Waals surface area contributed by atoms with Gasteiger partial charge in [-0.25, -0.2) is 0 Å². The van der Waals surface area contributed by atoms with Gasteiger partial charge >= 0.3 is 0 Å². The molecule has 0 fully saturated rings. The third kappa shape index (κ3) is 9.44. The highest BCUT2D eigenvalue weighted by molar-refractivity contribution is 4.66. The Morgan fingerprint density at radius 3 is 2.27 bits per heavy atom. The zero-order chi connectivity index (χ0) is 8.36. The highest BCUT2D eigenvalue weighted by Crippen LogP contribution is 1.96. The summed E-state index contributed by atoms with van der Waals surface area (Å²) in [5.41, 5.74) is 0. The molecular weight excluding hydrogens is 136 g/mol. The van der Waals surface area contributed by atoms with Crippen LogP contribution in [0.5, 0.6) is 0 Å². The van der Waals surface area contributed by atoms with Gasteiger partial charge in [0.15, 0.2) is 0 Å². The van der Waals surface area contributed by atoms with Gasteiger partial charge in [0.05, 0.1) is 0 Å². The van der Waals surface area contributed by atoms with E-state index in [0.717, 1.165) is 32.5 Å². The van der Waals surface area contributed by atoms with Crippen LogP contribution in [0.25, 0.3) is 0 Å². The number of allylic oxidation sites excluding steroid dienone is 1. The molecule has 0 atom stereocenters. The summed E-state index contributed by atoms with van der Waals surface area (Å²) in [4.78, 5) is 0. The van der Waals surface area contributed by atoms with Crippen molar-refractivity contribution < 1.29 is 4.74 Å². The molecule has 0 saturated carbocycles. The molecule has 0 spiro atoms. The fourth-order valence-electron chi connectivity index (χ4n) is 0.762. The first-order chi connectivity index (χ1) is 5.41. The second-order valence-corrected chi connectivity index (χ2v) is 2.47. The van der Waals surface area contributed by atoms with Crippen LogP contribution in [0.1, 0.15) is 25.7 Å². The largest absolute Gasteiger partial charge is 0.381 e. The number of hydrogen-bond donors (Lipinski definition) is 0. The van der Waals surface area contributed by atoms with Crippen molar-refractivity contribution in [1.29, 1.82) is 0 Å². The third-order valence-corrected chi connectivity index (χ3v) is 1.41. The molecule has 0 aliphatic heterocycles. The quantitative estimate of drug-likeness (QED) is 0.386. The van der Waals surface area contributed by atoms with E-state index in [4.69, 9.17) is 4.74 Å². The molecule has 0 unspecified atom stereocenters. The summed E-state index contributed by atoms with van der Waals surface area (Å²) in [7, 11) is 0. The van der Waals surface area contributed by atoms with Crippen LogP contribution in [0.15, 0.2) is 25.3 Å². The van der Waals surface area contributed by atoms with Crippen LogP contribution in [-0.4, -0.2) is 13.2 Å². The van der Waals surface area contributed by atoms with Gasteiger partial charge in [-0.1, -0.05) is 12.2 Å². The SMILES string of the molecule is C=CCCCCOCCC=C. The molecule has 0 bridgehead atoms. The van der Waals surface area contributed by atoms with E-state index < -0.39 is 0 Å². The molecule has 0 amide bonds. The number of unbranched alkanes of at least 4 members (excludes halogenated alkanes) is 2. The number of ether oxygens (including phenoxy) is 1. The Bertz CT molecular complexity index is 85.0. The van der Waals surface area contributed by atoms with Crippen LogP contribution in [0.2, 0.25) is 0 Å². The molecule has 0 aromatic carbocycles. The Morgan fingerprint density at radius 2 is 1.64 bits per heavy atom. The Kier molecular flexibility index (Phi) is 8.96. The summed E-state index contributed by atoms with van der Waals surface area (Å²) < 4.78 is 5.32. The van der Waals surface area contributed by atoms with Crippen LogP contribution in [0, 0.1) is 0 Å². The summed E-state index contributed by atoms with van der Waals surface area (Å²) in [6, 6.07) is 0. The van der Waals surface area contributed by atoms with Crippen molar-refractivity contribution in [3.8, 4) is 0 Å². The molecule has 0 rings (SSSR count). The summed E-state index contributed by atoms with van der Waals surface area (Å²) >= 11 is 0. The molecule has 1 heteroatoms. The van der Waals surface area contributed by atoms with Crippen molar-refractivity contribution in [2.45, 2.75) is 25.7 Å². The van der Waals surface area contributed by atoms with Gasteiger partial charge in [-0.3, -0.25) is 0 Å². The van der Waals surface area contributed by atoms with Crippen molar-refractivity contribution in [1.82, 2.24) is 0 Å². The van der Waals surface area contributed by atoms with Gasteiger partial charge in [-0.15, -0.1) is 13.2 Å². The average Bonchev–Trinajstić information content (AvgIpc) is 2.03. The fourth-order valence-corrected chi connectivity index (χ4v) is 0.762. The minimum Gasteiger partial charge on any atom is -0.381 e. The second-order valence-electron chi connectivity index (χ2n) is 2.47. The minimum absolute atomic E-state index is 0.817.